The van der Waals surface area contributed by atoms with Crippen molar-refractivity contribution in [2.45, 2.75) is 71.3 Å². The Hall–Kier alpha value is -2.56. The summed E-state index contributed by atoms with van der Waals surface area (Å²) in [6.45, 7) is 9.48. The van der Waals surface area contributed by atoms with E-state index in [2.05, 4.69) is 35.8 Å². The molecule has 10 heteroatoms. The van der Waals surface area contributed by atoms with Crippen LogP contribution in [0.3, 0.4) is 0 Å². The molecule has 0 aromatic heterocycles. The average Bonchev–Trinajstić information content (AvgIpc) is 3.53. The lowest BCUT2D eigenvalue weighted by Gasteiger charge is -2.29. The predicted molar refractivity (Wildman–Crippen MR) is 146 cm³/mol. The fourth-order valence-corrected chi connectivity index (χ4v) is 4.86. The molecule has 3 rings (SSSR count). The largest absolute Gasteiger partial charge is 0.493 e. The Balaban J connectivity index is 0.00000118. The highest BCUT2D eigenvalue weighted by Crippen LogP contribution is 2.45. The lowest BCUT2D eigenvalue weighted by atomic mass is 9.94. The molecule has 1 saturated heterocycles. The number of carboxylic acid groups (broad SMARTS) is 1. The first-order valence-electron chi connectivity index (χ1n) is 13.7. The van der Waals surface area contributed by atoms with Crippen LogP contribution in [0.1, 0.15) is 70.8 Å². The van der Waals surface area contributed by atoms with E-state index in [9.17, 15) is 4.79 Å². The number of unbranched alkanes of at least 4 members (excludes halogenated alkanes) is 2. The molecule has 1 N–H and O–H groups in total. The van der Waals surface area contributed by atoms with Gasteiger partial charge >= 0.3 is 0 Å². The van der Waals surface area contributed by atoms with Crippen molar-refractivity contribution in [3.05, 3.63) is 17.7 Å². The Morgan fingerprint density at radius 3 is 2.34 bits per heavy atom. The molecule has 38 heavy (non-hydrogen) atoms. The van der Waals surface area contributed by atoms with Crippen molar-refractivity contribution >= 4 is 11.9 Å². The molecule has 1 aromatic rings. The van der Waals surface area contributed by atoms with E-state index in [4.69, 9.17) is 28.9 Å². The third kappa shape index (κ3) is 9.63. The summed E-state index contributed by atoms with van der Waals surface area (Å²) in [4.78, 5) is 32.1. The molecule has 10 nitrogen and oxygen atoms in total. The van der Waals surface area contributed by atoms with Crippen molar-refractivity contribution in [3.63, 3.8) is 0 Å². The summed E-state index contributed by atoms with van der Waals surface area (Å²) in [7, 11) is 5.30. The second-order valence-electron chi connectivity index (χ2n) is 9.90. The molecule has 0 bridgehead atoms. The summed E-state index contributed by atoms with van der Waals surface area (Å²) in [5, 5.41) is 9.27. The van der Waals surface area contributed by atoms with Crippen molar-refractivity contribution in [2.75, 3.05) is 60.8 Å². The van der Waals surface area contributed by atoms with Crippen LogP contribution in [0, 0.1) is 0 Å². The van der Waals surface area contributed by atoms with Crippen molar-refractivity contribution in [3.8, 4) is 17.2 Å². The third-order valence-corrected chi connectivity index (χ3v) is 7.02. The fourth-order valence-electron chi connectivity index (χ4n) is 4.86. The van der Waals surface area contributed by atoms with Gasteiger partial charge in [-0.25, -0.2) is 0 Å². The molecule has 1 unspecified atom stereocenters. The van der Waals surface area contributed by atoms with Gasteiger partial charge in [0.05, 0.1) is 20.8 Å². The molecule has 1 aromatic carbocycles. The topological polar surface area (TPSA) is 101 Å². The number of hydrogen-bond acceptors (Lipinski definition) is 8. The zero-order valence-electron chi connectivity index (χ0n) is 24.0. The number of fused-ring (bicyclic) bond motifs is 1. The second-order valence-corrected chi connectivity index (χ2v) is 9.90. The van der Waals surface area contributed by atoms with Crippen LogP contribution in [0.5, 0.6) is 17.2 Å². The summed E-state index contributed by atoms with van der Waals surface area (Å²) >= 11 is 0. The van der Waals surface area contributed by atoms with Gasteiger partial charge < -0.3 is 29.1 Å². The molecule has 2 atom stereocenters. The highest BCUT2D eigenvalue weighted by molar-refractivity contribution is 5.78. The van der Waals surface area contributed by atoms with Gasteiger partial charge in [0.1, 0.15) is 0 Å². The van der Waals surface area contributed by atoms with Gasteiger partial charge in [0.25, 0.3) is 5.97 Å². The Bertz CT molecular complexity index is 870. The van der Waals surface area contributed by atoms with E-state index in [-0.39, 0.29) is 12.7 Å². The minimum atomic E-state index is -0.833. The number of rotatable bonds is 14. The standard InChI is InChI=1S/C26H43N3O5.C2H4O2/c1-6-8-11-28(12-9-7-2)25(30)18-29-17-21(14-22(29)10-13-27(3)32-5)20-15-23(31-4)26-24(16-20)33-19-34-26;1-2(3)4/h15-16,21-22H,6-14,17-19H2,1-5H3;1H3,(H,3,4)/t21-,22?;/m1./s1. The zero-order chi connectivity index (χ0) is 28.1. The van der Waals surface area contributed by atoms with Crippen molar-refractivity contribution in [1.82, 2.24) is 14.9 Å². The Kier molecular flexibility index (Phi) is 13.7. The first kappa shape index (κ1) is 31.7. The maximum absolute atomic E-state index is 13.3. The maximum Gasteiger partial charge on any atom is 0.300 e. The van der Waals surface area contributed by atoms with Crippen molar-refractivity contribution < 1.29 is 33.7 Å². The number of carboxylic acids is 1. The maximum atomic E-state index is 13.3. The molecule has 2 aliphatic heterocycles. The lowest BCUT2D eigenvalue weighted by Crippen LogP contribution is -2.43. The smallest absolute Gasteiger partial charge is 0.300 e. The summed E-state index contributed by atoms with van der Waals surface area (Å²) in [5.41, 5.74) is 1.18. The molecule has 0 spiro atoms. The van der Waals surface area contributed by atoms with Gasteiger partial charge in [-0.05, 0) is 49.3 Å². The first-order valence-corrected chi connectivity index (χ1v) is 13.7. The highest BCUT2D eigenvalue weighted by Gasteiger charge is 2.36. The van der Waals surface area contributed by atoms with Crippen LogP contribution in [-0.2, 0) is 14.4 Å². The average molecular weight is 538 g/mol. The van der Waals surface area contributed by atoms with Gasteiger partial charge in [-0.3, -0.25) is 14.5 Å². The fraction of sp³-hybridized carbons (Fsp3) is 0.714. The van der Waals surface area contributed by atoms with E-state index in [0.717, 1.165) is 77.4 Å². The van der Waals surface area contributed by atoms with Crippen LogP contribution in [0.15, 0.2) is 12.1 Å². The van der Waals surface area contributed by atoms with Gasteiger partial charge in [0.15, 0.2) is 11.5 Å². The number of methoxy groups -OCH3 is 1. The number of ether oxygens (including phenoxy) is 3. The lowest BCUT2D eigenvalue weighted by molar-refractivity contribution is -0.134. The number of amides is 1. The predicted octanol–water partition coefficient (Wildman–Crippen LogP) is 3.98. The SMILES string of the molecule is CC(=O)O.CCCCN(CCCC)C(=O)CN1C[C@H](c2cc(OC)c3c(c2)OCO3)CC1CCN(C)OC. The van der Waals surface area contributed by atoms with Gasteiger partial charge in [-0.1, -0.05) is 26.7 Å². The zero-order valence-corrected chi connectivity index (χ0v) is 24.0. The molecule has 2 aliphatic rings. The van der Waals surface area contributed by atoms with Crippen LogP contribution in [0.25, 0.3) is 0 Å². The Labute approximate surface area is 227 Å². The van der Waals surface area contributed by atoms with Crippen LogP contribution >= 0.6 is 0 Å². The van der Waals surface area contributed by atoms with Gasteiger partial charge in [-0.2, -0.15) is 5.06 Å². The molecule has 1 amide bonds. The van der Waals surface area contributed by atoms with Gasteiger partial charge in [0.2, 0.25) is 18.4 Å². The second kappa shape index (κ2) is 16.4. The molecule has 0 radical (unpaired) electrons. The number of hydroxylamine groups is 2. The van der Waals surface area contributed by atoms with Crippen LogP contribution in [-0.4, -0.2) is 98.7 Å². The van der Waals surface area contributed by atoms with E-state index in [1.54, 1.807) is 14.2 Å². The van der Waals surface area contributed by atoms with E-state index in [1.807, 2.05) is 12.1 Å². The monoisotopic (exact) mass is 537 g/mol. The number of carbonyl (C=O) groups excluding carboxylic acids is 1. The van der Waals surface area contributed by atoms with E-state index < -0.39 is 5.97 Å². The van der Waals surface area contributed by atoms with Crippen molar-refractivity contribution in [1.29, 1.82) is 0 Å². The minimum absolute atomic E-state index is 0.220. The summed E-state index contributed by atoms with van der Waals surface area (Å²) < 4.78 is 16.8. The third-order valence-electron chi connectivity index (χ3n) is 7.02. The number of aliphatic carboxylic acids is 1. The Morgan fingerprint density at radius 1 is 1.11 bits per heavy atom. The molecule has 2 heterocycles. The highest BCUT2D eigenvalue weighted by atomic mass is 16.7. The summed E-state index contributed by atoms with van der Waals surface area (Å²) in [6.07, 6.45) is 6.23. The molecule has 0 aliphatic carbocycles. The van der Waals surface area contributed by atoms with Gasteiger partial charge in [-0.15, -0.1) is 0 Å². The van der Waals surface area contributed by atoms with Crippen LogP contribution in [0.2, 0.25) is 0 Å². The summed E-state index contributed by atoms with van der Waals surface area (Å²) in [5.74, 6) is 1.84. The number of benzene rings is 1. The molecular formula is C28H47N3O7. The van der Waals surface area contributed by atoms with Crippen LogP contribution < -0.4 is 14.2 Å². The van der Waals surface area contributed by atoms with Crippen LogP contribution in [0.4, 0.5) is 0 Å². The number of nitrogens with zero attached hydrogens (tertiary/aromatic N) is 3. The number of likely N-dealkylation sites (tertiary alicyclic amines) is 1. The quantitative estimate of drug-likeness (QED) is 0.353. The van der Waals surface area contributed by atoms with E-state index >= 15 is 0 Å². The number of hydrogen-bond donors (Lipinski definition) is 1. The first-order chi connectivity index (χ1) is 18.2. The molecule has 216 valence electrons. The van der Waals surface area contributed by atoms with E-state index in [0.29, 0.717) is 30.0 Å². The molecule has 0 saturated carbocycles. The number of carbonyl (C=O) groups is 2. The minimum Gasteiger partial charge on any atom is -0.493 e. The Morgan fingerprint density at radius 2 is 1.76 bits per heavy atom. The van der Waals surface area contributed by atoms with Crippen molar-refractivity contribution in [2.24, 2.45) is 0 Å². The summed E-state index contributed by atoms with van der Waals surface area (Å²) in [6, 6.07) is 4.45. The van der Waals surface area contributed by atoms with E-state index in [1.165, 1.54) is 5.56 Å². The molecular weight excluding hydrogens is 490 g/mol. The van der Waals surface area contributed by atoms with Gasteiger partial charge in [0, 0.05) is 46.2 Å². The normalized spacial score (nSPS) is 18.3. The molecule has 1 fully saturated rings.